The largest absolute Gasteiger partial charge is 0.496 e. The van der Waals surface area contributed by atoms with Crippen LogP contribution in [0.2, 0.25) is 0 Å². The zero-order valence-electron chi connectivity index (χ0n) is 13.4. The Morgan fingerprint density at radius 3 is 2.54 bits per heavy atom. The smallest absolute Gasteiger partial charge is 0.274 e. The average Bonchev–Trinajstić information content (AvgIpc) is 2.63. The number of hydrogen-bond donors (Lipinski definition) is 1. The van der Waals surface area contributed by atoms with Crippen LogP contribution in [0.3, 0.4) is 0 Å². The number of rotatable bonds is 5. The Hall–Kier alpha value is -3.14. The fourth-order valence-corrected chi connectivity index (χ4v) is 2.50. The summed E-state index contributed by atoms with van der Waals surface area (Å²) in [5, 5.41) is 2.88. The summed E-state index contributed by atoms with van der Waals surface area (Å²) in [4.78, 5) is 16.3. The van der Waals surface area contributed by atoms with Gasteiger partial charge in [0.2, 0.25) is 0 Å². The van der Waals surface area contributed by atoms with E-state index in [1.54, 1.807) is 31.5 Å². The van der Waals surface area contributed by atoms with Gasteiger partial charge in [-0.1, -0.05) is 36.4 Å². The average molecular weight is 318 g/mol. The second kappa shape index (κ2) is 7.42. The van der Waals surface area contributed by atoms with Crippen LogP contribution in [0.4, 0.5) is 5.69 Å². The number of aromatic nitrogens is 1. The lowest BCUT2D eigenvalue weighted by atomic mass is 10.0. The highest BCUT2D eigenvalue weighted by atomic mass is 16.5. The molecule has 1 aromatic heterocycles. The van der Waals surface area contributed by atoms with Crippen molar-refractivity contribution in [2.24, 2.45) is 0 Å². The molecule has 120 valence electrons. The summed E-state index contributed by atoms with van der Waals surface area (Å²) >= 11 is 0. The molecule has 0 aliphatic heterocycles. The van der Waals surface area contributed by atoms with E-state index in [-0.39, 0.29) is 5.91 Å². The maximum atomic E-state index is 12.2. The molecule has 24 heavy (non-hydrogen) atoms. The third kappa shape index (κ3) is 3.79. The van der Waals surface area contributed by atoms with Crippen LogP contribution in [-0.2, 0) is 6.42 Å². The van der Waals surface area contributed by atoms with Gasteiger partial charge in [0.05, 0.1) is 7.11 Å². The van der Waals surface area contributed by atoms with Gasteiger partial charge in [-0.3, -0.25) is 9.78 Å². The van der Waals surface area contributed by atoms with Crippen molar-refractivity contribution in [3.8, 4) is 5.75 Å². The molecule has 3 aromatic rings. The highest BCUT2D eigenvalue weighted by Crippen LogP contribution is 2.25. The minimum atomic E-state index is -0.230. The van der Waals surface area contributed by atoms with Crippen molar-refractivity contribution in [2.75, 3.05) is 12.4 Å². The molecule has 0 fully saturated rings. The lowest BCUT2D eigenvalue weighted by Crippen LogP contribution is -2.13. The van der Waals surface area contributed by atoms with E-state index >= 15 is 0 Å². The van der Waals surface area contributed by atoms with Crippen LogP contribution >= 0.6 is 0 Å². The highest BCUT2D eigenvalue weighted by Gasteiger charge is 2.10. The zero-order valence-corrected chi connectivity index (χ0v) is 13.4. The predicted molar refractivity (Wildman–Crippen MR) is 94.4 cm³/mol. The molecule has 4 nitrogen and oxygen atoms in total. The van der Waals surface area contributed by atoms with Gasteiger partial charge in [0, 0.05) is 23.9 Å². The normalized spacial score (nSPS) is 10.2. The lowest BCUT2D eigenvalue weighted by Gasteiger charge is -2.12. The number of pyridine rings is 1. The third-order valence-electron chi connectivity index (χ3n) is 3.67. The first-order chi connectivity index (χ1) is 11.8. The van der Waals surface area contributed by atoms with Crippen molar-refractivity contribution in [2.45, 2.75) is 6.42 Å². The Kier molecular flexibility index (Phi) is 4.87. The summed E-state index contributed by atoms with van der Waals surface area (Å²) in [6.45, 7) is 0. The molecule has 3 rings (SSSR count). The molecular formula is C20H18N2O2. The van der Waals surface area contributed by atoms with E-state index < -0.39 is 0 Å². The number of nitrogens with one attached hydrogen (secondary N) is 1. The molecule has 0 atom stereocenters. The van der Waals surface area contributed by atoms with Crippen LogP contribution in [0.15, 0.2) is 72.9 Å². The van der Waals surface area contributed by atoms with Crippen LogP contribution < -0.4 is 10.1 Å². The third-order valence-corrected chi connectivity index (χ3v) is 3.67. The van der Waals surface area contributed by atoms with Crippen LogP contribution in [-0.4, -0.2) is 18.0 Å². The Morgan fingerprint density at radius 2 is 1.83 bits per heavy atom. The number of carbonyl (C=O) groups excluding carboxylic acids is 1. The SMILES string of the molecule is COc1ccc(NC(=O)c2ccccn2)cc1Cc1ccccc1. The van der Waals surface area contributed by atoms with Gasteiger partial charge in [0.25, 0.3) is 5.91 Å². The van der Waals surface area contributed by atoms with Crippen molar-refractivity contribution < 1.29 is 9.53 Å². The lowest BCUT2D eigenvalue weighted by molar-refractivity contribution is 0.102. The van der Waals surface area contributed by atoms with Crippen LogP contribution in [0, 0.1) is 0 Å². The fourth-order valence-electron chi connectivity index (χ4n) is 2.50. The van der Waals surface area contributed by atoms with E-state index in [2.05, 4.69) is 22.4 Å². The van der Waals surface area contributed by atoms with Gasteiger partial charge >= 0.3 is 0 Å². The molecular weight excluding hydrogens is 300 g/mol. The van der Waals surface area contributed by atoms with Gasteiger partial charge in [-0.2, -0.15) is 0 Å². The molecule has 0 bridgehead atoms. The summed E-state index contributed by atoms with van der Waals surface area (Å²) in [5.41, 5.74) is 3.31. The number of anilines is 1. The summed E-state index contributed by atoms with van der Waals surface area (Å²) in [5.74, 6) is 0.570. The summed E-state index contributed by atoms with van der Waals surface area (Å²) in [6, 6.07) is 21.0. The number of amides is 1. The number of carbonyl (C=O) groups is 1. The van der Waals surface area contributed by atoms with E-state index in [0.29, 0.717) is 5.69 Å². The molecule has 1 amide bonds. The van der Waals surface area contributed by atoms with Gasteiger partial charge in [-0.15, -0.1) is 0 Å². The van der Waals surface area contributed by atoms with E-state index in [9.17, 15) is 4.79 Å². The minimum Gasteiger partial charge on any atom is -0.496 e. The molecule has 4 heteroatoms. The number of methoxy groups -OCH3 is 1. The van der Waals surface area contributed by atoms with Crippen molar-refractivity contribution >= 4 is 11.6 Å². The Balaban J connectivity index is 1.82. The molecule has 2 aromatic carbocycles. The first kappa shape index (κ1) is 15.7. The maximum absolute atomic E-state index is 12.2. The Morgan fingerprint density at radius 1 is 1.04 bits per heavy atom. The molecule has 0 aliphatic rings. The van der Waals surface area contributed by atoms with Crippen LogP contribution in [0.1, 0.15) is 21.6 Å². The Labute approximate surface area is 141 Å². The number of ether oxygens (including phenoxy) is 1. The van der Waals surface area contributed by atoms with Crippen molar-refractivity contribution in [3.05, 3.63) is 89.7 Å². The highest BCUT2D eigenvalue weighted by molar-refractivity contribution is 6.02. The molecule has 0 aliphatic carbocycles. The molecule has 1 N–H and O–H groups in total. The van der Waals surface area contributed by atoms with Gasteiger partial charge < -0.3 is 10.1 Å². The molecule has 0 saturated carbocycles. The van der Waals surface area contributed by atoms with E-state index in [1.807, 2.05) is 36.4 Å². The fraction of sp³-hybridized carbons (Fsp3) is 0.100. The van der Waals surface area contributed by atoms with Gasteiger partial charge in [-0.25, -0.2) is 0 Å². The quantitative estimate of drug-likeness (QED) is 0.775. The maximum Gasteiger partial charge on any atom is 0.274 e. The van der Waals surface area contributed by atoms with Gasteiger partial charge in [0.1, 0.15) is 11.4 Å². The topological polar surface area (TPSA) is 51.2 Å². The first-order valence-corrected chi connectivity index (χ1v) is 7.69. The van der Waals surface area contributed by atoms with Crippen molar-refractivity contribution in [1.82, 2.24) is 4.98 Å². The molecule has 0 radical (unpaired) electrons. The second-order valence-corrected chi connectivity index (χ2v) is 5.36. The summed E-state index contributed by atoms with van der Waals surface area (Å²) < 4.78 is 5.44. The number of nitrogens with zero attached hydrogens (tertiary/aromatic N) is 1. The summed E-state index contributed by atoms with van der Waals surface area (Å²) in [6.07, 6.45) is 2.33. The van der Waals surface area contributed by atoms with E-state index in [0.717, 1.165) is 23.4 Å². The van der Waals surface area contributed by atoms with Crippen molar-refractivity contribution in [1.29, 1.82) is 0 Å². The van der Waals surface area contributed by atoms with Crippen molar-refractivity contribution in [3.63, 3.8) is 0 Å². The summed E-state index contributed by atoms with van der Waals surface area (Å²) in [7, 11) is 1.65. The van der Waals surface area contributed by atoms with Gasteiger partial charge in [0.15, 0.2) is 0 Å². The Bertz CT molecular complexity index is 818. The van der Waals surface area contributed by atoms with Crippen LogP contribution in [0.25, 0.3) is 0 Å². The standard InChI is InChI=1S/C20H18N2O2/c1-24-19-11-10-17(22-20(23)18-9-5-6-12-21-18)14-16(19)13-15-7-3-2-4-8-15/h2-12,14H,13H2,1H3,(H,22,23). The molecule has 1 heterocycles. The zero-order chi connectivity index (χ0) is 16.8. The van der Waals surface area contributed by atoms with E-state index in [1.165, 1.54) is 5.56 Å². The van der Waals surface area contributed by atoms with Gasteiger partial charge in [-0.05, 0) is 35.9 Å². The first-order valence-electron chi connectivity index (χ1n) is 7.69. The second-order valence-electron chi connectivity index (χ2n) is 5.36. The molecule has 0 saturated heterocycles. The monoisotopic (exact) mass is 318 g/mol. The number of hydrogen-bond acceptors (Lipinski definition) is 3. The predicted octanol–water partition coefficient (Wildman–Crippen LogP) is 3.93. The molecule has 0 unspecified atom stereocenters. The molecule has 0 spiro atoms. The number of benzene rings is 2. The van der Waals surface area contributed by atoms with Crippen LogP contribution in [0.5, 0.6) is 5.75 Å². The van der Waals surface area contributed by atoms with E-state index in [4.69, 9.17) is 4.74 Å². The minimum absolute atomic E-state index is 0.230.